The van der Waals surface area contributed by atoms with Crippen molar-refractivity contribution in [1.82, 2.24) is 10.3 Å². The number of thiazole rings is 1. The monoisotopic (exact) mass is 342 g/mol. The molecule has 1 aliphatic rings. The van der Waals surface area contributed by atoms with Crippen molar-refractivity contribution in [2.45, 2.75) is 11.4 Å². The fraction of sp³-hybridized carbons (Fsp3) is 0.176. The largest absolute Gasteiger partial charge is 0.480 e. The topological polar surface area (TPSA) is 62.2 Å². The second kappa shape index (κ2) is 5.96. The van der Waals surface area contributed by atoms with Gasteiger partial charge in [0.05, 0.1) is 4.88 Å². The number of benzene rings is 2. The van der Waals surface area contributed by atoms with Crippen LogP contribution in [0.4, 0.5) is 0 Å². The van der Waals surface area contributed by atoms with E-state index in [-0.39, 0.29) is 5.37 Å². The predicted octanol–water partition coefficient (Wildman–Crippen LogP) is 3.75. The maximum absolute atomic E-state index is 11.1. The van der Waals surface area contributed by atoms with E-state index < -0.39 is 12.0 Å². The summed E-state index contributed by atoms with van der Waals surface area (Å²) in [6, 6.07) is 14.1. The third-order valence-electron chi connectivity index (χ3n) is 3.88. The van der Waals surface area contributed by atoms with Crippen molar-refractivity contribution < 1.29 is 9.90 Å². The molecule has 0 spiro atoms. The smallest absolute Gasteiger partial charge is 0.321 e. The molecule has 116 valence electrons. The molecule has 0 bridgehead atoms. The van der Waals surface area contributed by atoms with Crippen molar-refractivity contribution in [3.05, 3.63) is 53.7 Å². The molecule has 23 heavy (non-hydrogen) atoms. The minimum absolute atomic E-state index is 0.0372. The standard InChI is InChI=1S/C17H14N2O2S2/c20-17(21)13-9-22-16(19-13)15-18-8-14(23-15)12-7-3-5-10-4-1-2-6-11(10)12/h1-8,13,16,19H,9H2,(H,20,21). The highest BCUT2D eigenvalue weighted by Gasteiger charge is 2.32. The van der Waals surface area contributed by atoms with Crippen LogP contribution < -0.4 is 5.32 Å². The molecule has 1 fully saturated rings. The average Bonchev–Trinajstić information content (AvgIpc) is 3.23. The number of fused-ring (bicyclic) bond motifs is 1. The van der Waals surface area contributed by atoms with E-state index >= 15 is 0 Å². The van der Waals surface area contributed by atoms with Crippen molar-refractivity contribution in [1.29, 1.82) is 0 Å². The van der Waals surface area contributed by atoms with Crippen LogP contribution in [0.15, 0.2) is 48.7 Å². The second-order valence-corrected chi connectivity index (χ2v) is 7.56. The van der Waals surface area contributed by atoms with Gasteiger partial charge in [0.25, 0.3) is 0 Å². The number of carboxylic acids is 1. The first kappa shape index (κ1) is 14.7. The van der Waals surface area contributed by atoms with Crippen LogP contribution in [0.1, 0.15) is 10.4 Å². The zero-order chi connectivity index (χ0) is 15.8. The zero-order valence-electron chi connectivity index (χ0n) is 12.1. The molecule has 2 N–H and O–H groups in total. The zero-order valence-corrected chi connectivity index (χ0v) is 13.7. The van der Waals surface area contributed by atoms with Gasteiger partial charge in [-0.15, -0.1) is 23.1 Å². The Kier molecular flexibility index (Phi) is 3.80. The first-order valence-electron chi connectivity index (χ1n) is 7.27. The summed E-state index contributed by atoms with van der Waals surface area (Å²) >= 11 is 3.22. The van der Waals surface area contributed by atoms with Gasteiger partial charge in [0.2, 0.25) is 0 Å². The number of nitrogens with zero attached hydrogens (tertiary/aromatic N) is 1. The van der Waals surface area contributed by atoms with Crippen LogP contribution in [0.5, 0.6) is 0 Å². The van der Waals surface area contributed by atoms with E-state index in [0.717, 1.165) is 9.88 Å². The Morgan fingerprint density at radius 2 is 2.04 bits per heavy atom. The summed E-state index contributed by atoms with van der Waals surface area (Å²) in [5, 5.41) is 15.5. The van der Waals surface area contributed by atoms with E-state index in [9.17, 15) is 4.79 Å². The third kappa shape index (κ3) is 2.73. The molecule has 2 atom stereocenters. The van der Waals surface area contributed by atoms with E-state index in [2.05, 4.69) is 40.6 Å². The van der Waals surface area contributed by atoms with E-state index in [0.29, 0.717) is 5.75 Å². The molecule has 1 saturated heterocycles. The van der Waals surface area contributed by atoms with Crippen LogP contribution in [0.25, 0.3) is 21.2 Å². The number of aliphatic carboxylic acids is 1. The molecule has 0 amide bonds. The van der Waals surface area contributed by atoms with Gasteiger partial charge in [-0.1, -0.05) is 42.5 Å². The van der Waals surface area contributed by atoms with E-state index in [1.807, 2.05) is 18.3 Å². The fourth-order valence-corrected chi connectivity index (χ4v) is 5.07. The van der Waals surface area contributed by atoms with Crippen molar-refractivity contribution in [3.63, 3.8) is 0 Å². The lowest BCUT2D eigenvalue weighted by molar-refractivity contribution is -0.138. The molecule has 1 aliphatic heterocycles. The molecule has 2 aromatic carbocycles. The van der Waals surface area contributed by atoms with Crippen molar-refractivity contribution >= 4 is 39.8 Å². The molecule has 3 aromatic rings. The van der Waals surface area contributed by atoms with Gasteiger partial charge in [-0.3, -0.25) is 10.1 Å². The average molecular weight is 342 g/mol. The van der Waals surface area contributed by atoms with E-state index in [1.165, 1.54) is 16.3 Å². The molecule has 6 heteroatoms. The Bertz CT molecular complexity index is 872. The second-order valence-electron chi connectivity index (χ2n) is 5.36. The number of thioether (sulfide) groups is 1. The quantitative estimate of drug-likeness (QED) is 0.759. The summed E-state index contributed by atoms with van der Waals surface area (Å²) in [4.78, 5) is 16.7. The summed E-state index contributed by atoms with van der Waals surface area (Å²) in [6.45, 7) is 0. The number of carboxylic acid groups (broad SMARTS) is 1. The Morgan fingerprint density at radius 3 is 2.87 bits per heavy atom. The molecular formula is C17H14N2O2S2. The van der Waals surface area contributed by atoms with Crippen LogP contribution in [-0.4, -0.2) is 27.9 Å². The molecule has 2 heterocycles. The molecule has 4 rings (SSSR count). The SMILES string of the molecule is O=C(O)C1CSC(c2ncc(-c3cccc4ccccc34)s2)N1. The first-order chi connectivity index (χ1) is 11.2. The van der Waals surface area contributed by atoms with Crippen LogP contribution in [0, 0.1) is 0 Å². The third-order valence-corrected chi connectivity index (χ3v) is 6.35. The Balaban J connectivity index is 1.67. The lowest BCUT2D eigenvalue weighted by Gasteiger charge is -2.07. The van der Waals surface area contributed by atoms with Gasteiger partial charge >= 0.3 is 5.97 Å². The van der Waals surface area contributed by atoms with Crippen LogP contribution in [0.3, 0.4) is 0 Å². The summed E-state index contributed by atoms with van der Waals surface area (Å²) in [6.07, 6.45) is 1.89. The van der Waals surface area contributed by atoms with Crippen molar-refractivity contribution in [2.75, 3.05) is 5.75 Å². The Hall–Kier alpha value is -1.89. The summed E-state index contributed by atoms with van der Waals surface area (Å²) in [5.74, 6) is -0.228. The number of nitrogens with one attached hydrogen (secondary N) is 1. The van der Waals surface area contributed by atoms with Gasteiger partial charge in [-0.25, -0.2) is 4.98 Å². The summed E-state index contributed by atoms with van der Waals surface area (Å²) in [7, 11) is 0. The lowest BCUT2D eigenvalue weighted by atomic mass is 10.0. The van der Waals surface area contributed by atoms with Crippen LogP contribution in [-0.2, 0) is 4.79 Å². The van der Waals surface area contributed by atoms with Crippen LogP contribution >= 0.6 is 23.1 Å². The molecule has 0 saturated carbocycles. The minimum Gasteiger partial charge on any atom is -0.480 e. The molecule has 1 aromatic heterocycles. The number of hydrogen-bond acceptors (Lipinski definition) is 5. The van der Waals surface area contributed by atoms with Crippen molar-refractivity contribution in [3.8, 4) is 10.4 Å². The highest BCUT2D eigenvalue weighted by atomic mass is 32.2. The van der Waals surface area contributed by atoms with Gasteiger partial charge in [0.1, 0.15) is 16.4 Å². The van der Waals surface area contributed by atoms with Crippen molar-refractivity contribution in [2.24, 2.45) is 0 Å². The molecule has 4 nitrogen and oxygen atoms in total. The Labute approximate surface area is 141 Å². The molecular weight excluding hydrogens is 328 g/mol. The van der Waals surface area contributed by atoms with Gasteiger partial charge in [0, 0.05) is 17.5 Å². The molecule has 0 radical (unpaired) electrons. The first-order valence-corrected chi connectivity index (χ1v) is 9.13. The van der Waals surface area contributed by atoms with Gasteiger partial charge < -0.3 is 5.11 Å². The molecule has 0 aliphatic carbocycles. The van der Waals surface area contributed by atoms with Gasteiger partial charge in [-0.2, -0.15) is 0 Å². The highest BCUT2D eigenvalue weighted by Crippen LogP contribution is 2.39. The summed E-state index contributed by atoms with van der Waals surface area (Å²) < 4.78 is 0. The lowest BCUT2D eigenvalue weighted by Crippen LogP contribution is -2.33. The maximum Gasteiger partial charge on any atom is 0.321 e. The van der Waals surface area contributed by atoms with Gasteiger partial charge in [-0.05, 0) is 10.8 Å². The predicted molar refractivity (Wildman–Crippen MR) is 94.8 cm³/mol. The van der Waals surface area contributed by atoms with Gasteiger partial charge in [0.15, 0.2) is 0 Å². The fourth-order valence-electron chi connectivity index (χ4n) is 2.73. The summed E-state index contributed by atoms with van der Waals surface area (Å²) in [5.41, 5.74) is 1.17. The minimum atomic E-state index is -0.800. The highest BCUT2D eigenvalue weighted by molar-refractivity contribution is 7.99. The number of rotatable bonds is 3. The Morgan fingerprint density at radius 1 is 1.22 bits per heavy atom. The normalized spacial score (nSPS) is 20.9. The van der Waals surface area contributed by atoms with E-state index in [4.69, 9.17) is 5.11 Å². The van der Waals surface area contributed by atoms with E-state index in [1.54, 1.807) is 23.1 Å². The van der Waals surface area contributed by atoms with Crippen LogP contribution in [0.2, 0.25) is 0 Å². The number of aromatic nitrogens is 1. The number of hydrogen-bond donors (Lipinski definition) is 2. The molecule has 2 unspecified atom stereocenters. The maximum atomic E-state index is 11.1. The number of carbonyl (C=O) groups is 1.